The zero-order valence-electron chi connectivity index (χ0n) is 14.0. The zero-order valence-corrected chi connectivity index (χ0v) is 15.6. The van der Waals surface area contributed by atoms with E-state index >= 15 is 0 Å². The van der Waals surface area contributed by atoms with Gasteiger partial charge in [-0.3, -0.25) is 4.99 Å². The highest BCUT2D eigenvalue weighted by Gasteiger charge is 2.32. The minimum atomic E-state index is -0.594. The van der Waals surface area contributed by atoms with Gasteiger partial charge < -0.3 is 20.2 Å². The molecule has 1 aromatic carbocycles. The maximum atomic E-state index is 10.5. The van der Waals surface area contributed by atoms with Gasteiger partial charge in [-0.05, 0) is 30.4 Å². The van der Waals surface area contributed by atoms with Crippen LogP contribution in [0.4, 0.5) is 5.69 Å². The Morgan fingerprint density at radius 3 is 2.79 bits per heavy atom. The molecular weight excluding hydrogens is 344 g/mol. The molecule has 2 heterocycles. The van der Waals surface area contributed by atoms with E-state index in [4.69, 9.17) is 11.6 Å². The van der Waals surface area contributed by atoms with E-state index in [-0.39, 0.29) is 0 Å². The van der Waals surface area contributed by atoms with E-state index in [1.807, 2.05) is 30.0 Å². The molecule has 0 aliphatic carbocycles. The number of guanidine groups is 1. The van der Waals surface area contributed by atoms with Crippen LogP contribution in [-0.4, -0.2) is 72.8 Å². The molecule has 0 aromatic heterocycles. The van der Waals surface area contributed by atoms with Crippen molar-refractivity contribution in [3.63, 3.8) is 0 Å². The lowest BCUT2D eigenvalue weighted by molar-refractivity contribution is 0.0716. The summed E-state index contributed by atoms with van der Waals surface area (Å²) in [4.78, 5) is 8.99. The van der Waals surface area contributed by atoms with Gasteiger partial charge in [0.15, 0.2) is 5.96 Å². The van der Waals surface area contributed by atoms with E-state index in [1.54, 1.807) is 7.05 Å². The van der Waals surface area contributed by atoms with Gasteiger partial charge in [0.05, 0.1) is 5.60 Å². The molecule has 0 amide bonds. The van der Waals surface area contributed by atoms with Gasteiger partial charge in [0.1, 0.15) is 0 Å². The monoisotopic (exact) mass is 368 g/mol. The third-order valence-electron chi connectivity index (χ3n) is 4.62. The van der Waals surface area contributed by atoms with Gasteiger partial charge in [-0.1, -0.05) is 17.7 Å². The number of benzene rings is 1. The topological polar surface area (TPSA) is 51.1 Å². The molecule has 0 radical (unpaired) electrons. The van der Waals surface area contributed by atoms with Crippen molar-refractivity contribution >= 4 is 35.0 Å². The summed E-state index contributed by atoms with van der Waals surface area (Å²) >= 11 is 7.90. The predicted octanol–water partition coefficient (Wildman–Crippen LogP) is 1.91. The van der Waals surface area contributed by atoms with E-state index in [0.29, 0.717) is 6.54 Å². The lowest BCUT2D eigenvalue weighted by atomic mass is 10.0. The molecule has 2 saturated heterocycles. The molecule has 1 unspecified atom stereocenters. The molecule has 2 N–H and O–H groups in total. The largest absolute Gasteiger partial charge is 0.387 e. The summed E-state index contributed by atoms with van der Waals surface area (Å²) in [5.41, 5.74) is 0.575. The minimum Gasteiger partial charge on any atom is -0.387 e. The summed E-state index contributed by atoms with van der Waals surface area (Å²) < 4.78 is 0. The Labute approximate surface area is 153 Å². The molecule has 1 atom stereocenters. The summed E-state index contributed by atoms with van der Waals surface area (Å²) in [6, 6.07) is 8.00. The Hall–Kier alpha value is -1.11. The standard InChI is InChI=1S/C17H25ClN4OS/c1-19-16(20-12-17(23)5-10-24-13-17)22-8-6-21(7-9-22)15-4-2-3-14(18)11-15/h2-4,11,23H,5-10,12-13H2,1H3,(H,19,20). The zero-order chi connectivity index (χ0) is 17.0. The van der Waals surface area contributed by atoms with Gasteiger partial charge in [-0.25, -0.2) is 0 Å². The van der Waals surface area contributed by atoms with Crippen LogP contribution >= 0.6 is 23.4 Å². The fraction of sp³-hybridized carbons (Fsp3) is 0.588. The molecule has 0 saturated carbocycles. The van der Waals surface area contributed by atoms with Crippen molar-refractivity contribution in [1.29, 1.82) is 0 Å². The van der Waals surface area contributed by atoms with E-state index in [2.05, 4.69) is 26.2 Å². The van der Waals surface area contributed by atoms with Crippen molar-refractivity contribution in [2.75, 3.05) is 56.2 Å². The number of aliphatic hydroxyl groups is 1. The Morgan fingerprint density at radius 1 is 1.38 bits per heavy atom. The third-order valence-corrected chi connectivity index (χ3v) is 6.09. The Balaban J connectivity index is 1.53. The molecule has 0 spiro atoms. The highest BCUT2D eigenvalue weighted by Crippen LogP contribution is 2.27. The molecule has 0 bridgehead atoms. The van der Waals surface area contributed by atoms with Crippen molar-refractivity contribution in [2.45, 2.75) is 12.0 Å². The van der Waals surface area contributed by atoms with E-state index in [9.17, 15) is 5.11 Å². The molecule has 132 valence electrons. The van der Waals surface area contributed by atoms with Crippen molar-refractivity contribution in [3.05, 3.63) is 29.3 Å². The number of halogens is 1. The van der Waals surface area contributed by atoms with Gasteiger partial charge in [0.2, 0.25) is 0 Å². The second-order valence-corrected chi connectivity index (χ2v) is 7.92. The normalized spacial score (nSPS) is 25.2. The molecule has 2 fully saturated rings. The van der Waals surface area contributed by atoms with Crippen LogP contribution in [0.15, 0.2) is 29.3 Å². The summed E-state index contributed by atoms with van der Waals surface area (Å²) in [5, 5.41) is 14.6. The van der Waals surface area contributed by atoms with E-state index in [1.165, 1.54) is 5.69 Å². The fourth-order valence-corrected chi connectivity index (χ4v) is 4.64. The SMILES string of the molecule is CN=C(NCC1(O)CCSC1)N1CCN(c2cccc(Cl)c2)CC1. The Bertz CT molecular complexity index is 584. The average molecular weight is 369 g/mol. The molecule has 5 nitrogen and oxygen atoms in total. The van der Waals surface area contributed by atoms with Crippen LogP contribution in [0.3, 0.4) is 0 Å². The quantitative estimate of drug-likeness (QED) is 0.630. The number of nitrogens with one attached hydrogen (secondary N) is 1. The van der Waals surface area contributed by atoms with Crippen LogP contribution in [0.25, 0.3) is 0 Å². The van der Waals surface area contributed by atoms with Gasteiger partial charge >= 0.3 is 0 Å². The Morgan fingerprint density at radius 2 is 2.17 bits per heavy atom. The number of rotatable bonds is 3. The second kappa shape index (κ2) is 7.85. The van der Waals surface area contributed by atoms with Gasteiger partial charge in [-0.2, -0.15) is 11.8 Å². The van der Waals surface area contributed by atoms with Crippen LogP contribution in [0.1, 0.15) is 6.42 Å². The second-order valence-electron chi connectivity index (χ2n) is 6.38. The van der Waals surface area contributed by atoms with Crippen molar-refractivity contribution in [1.82, 2.24) is 10.2 Å². The predicted molar refractivity (Wildman–Crippen MR) is 103 cm³/mol. The number of hydrogen-bond acceptors (Lipinski definition) is 4. The first kappa shape index (κ1) is 17.7. The summed E-state index contributed by atoms with van der Waals surface area (Å²) in [5.74, 6) is 2.72. The molecule has 2 aliphatic rings. The van der Waals surface area contributed by atoms with Gasteiger partial charge in [0.25, 0.3) is 0 Å². The lowest BCUT2D eigenvalue weighted by Gasteiger charge is -2.38. The van der Waals surface area contributed by atoms with Crippen molar-refractivity contribution in [3.8, 4) is 0 Å². The molecule has 1 aromatic rings. The molecule has 3 rings (SSSR count). The van der Waals surface area contributed by atoms with Gasteiger partial charge in [0, 0.05) is 56.2 Å². The lowest BCUT2D eigenvalue weighted by Crippen LogP contribution is -2.55. The third kappa shape index (κ3) is 4.29. The maximum Gasteiger partial charge on any atom is 0.193 e. The van der Waals surface area contributed by atoms with Crippen molar-refractivity contribution < 1.29 is 5.11 Å². The van der Waals surface area contributed by atoms with Crippen LogP contribution in [0.2, 0.25) is 5.02 Å². The van der Waals surface area contributed by atoms with Gasteiger partial charge in [-0.15, -0.1) is 0 Å². The highest BCUT2D eigenvalue weighted by molar-refractivity contribution is 7.99. The first-order valence-electron chi connectivity index (χ1n) is 8.36. The van der Waals surface area contributed by atoms with Crippen LogP contribution < -0.4 is 10.2 Å². The number of aliphatic imine (C=N–C) groups is 1. The van der Waals surface area contributed by atoms with Crippen LogP contribution in [0.5, 0.6) is 0 Å². The summed E-state index contributed by atoms with van der Waals surface area (Å²) in [7, 11) is 1.80. The number of piperazine rings is 1. The fourth-order valence-electron chi connectivity index (χ4n) is 3.16. The Kier molecular flexibility index (Phi) is 5.79. The maximum absolute atomic E-state index is 10.5. The smallest absolute Gasteiger partial charge is 0.193 e. The highest BCUT2D eigenvalue weighted by atomic mass is 35.5. The number of nitrogens with zero attached hydrogens (tertiary/aromatic N) is 3. The number of thioether (sulfide) groups is 1. The minimum absolute atomic E-state index is 0.571. The first-order chi connectivity index (χ1) is 11.6. The summed E-state index contributed by atoms with van der Waals surface area (Å²) in [6.45, 7) is 4.24. The van der Waals surface area contributed by atoms with E-state index in [0.717, 1.165) is 55.1 Å². The molecule has 24 heavy (non-hydrogen) atoms. The number of anilines is 1. The van der Waals surface area contributed by atoms with Crippen LogP contribution in [0, 0.1) is 0 Å². The molecular formula is C17H25ClN4OS. The number of hydrogen-bond donors (Lipinski definition) is 2. The van der Waals surface area contributed by atoms with Crippen LogP contribution in [-0.2, 0) is 0 Å². The summed E-state index contributed by atoms with van der Waals surface area (Å²) in [6.07, 6.45) is 0.851. The first-order valence-corrected chi connectivity index (χ1v) is 9.89. The van der Waals surface area contributed by atoms with E-state index < -0.39 is 5.60 Å². The average Bonchev–Trinajstić information content (AvgIpc) is 3.03. The molecule has 2 aliphatic heterocycles. The van der Waals surface area contributed by atoms with Crippen molar-refractivity contribution in [2.24, 2.45) is 4.99 Å². The molecule has 7 heteroatoms.